The van der Waals surface area contributed by atoms with Crippen molar-refractivity contribution >= 4 is 42.8 Å². The molecule has 0 nitrogen and oxygen atoms in total. The predicted octanol–water partition coefficient (Wildman–Crippen LogP) is 4.73. The summed E-state index contributed by atoms with van der Waals surface area (Å²) in [5, 5.41) is 2.78. The fourth-order valence-electron chi connectivity index (χ4n) is 1.85. The maximum Gasteiger partial charge on any atom is 0.0523 e. The van der Waals surface area contributed by atoms with E-state index in [0.29, 0.717) is 0 Å². The second kappa shape index (κ2) is 2.81. The van der Waals surface area contributed by atoms with Gasteiger partial charge in [-0.1, -0.05) is 12.1 Å². The van der Waals surface area contributed by atoms with Gasteiger partial charge in [0.25, 0.3) is 0 Å². The minimum absolute atomic E-state index is 1.39. The SMILES string of the molecule is Cc1cc2ccc3cc(C)sc3c2s1. The summed E-state index contributed by atoms with van der Waals surface area (Å²) in [5.74, 6) is 0. The molecule has 0 aliphatic carbocycles. The average Bonchev–Trinajstić information content (AvgIpc) is 2.65. The van der Waals surface area contributed by atoms with Crippen LogP contribution in [0, 0.1) is 13.8 Å². The zero-order valence-electron chi connectivity index (χ0n) is 8.13. The third-order valence-electron chi connectivity index (χ3n) is 2.42. The highest BCUT2D eigenvalue weighted by Gasteiger charge is 2.05. The van der Waals surface area contributed by atoms with E-state index in [4.69, 9.17) is 0 Å². The first-order valence-corrected chi connectivity index (χ1v) is 6.26. The van der Waals surface area contributed by atoms with Crippen LogP contribution in [0.15, 0.2) is 24.3 Å². The Bertz CT molecular complexity index is 558. The molecule has 3 aromatic rings. The first-order chi connectivity index (χ1) is 6.74. The molecule has 0 N–H and O–H groups in total. The van der Waals surface area contributed by atoms with E-state index in [0.717, 1.165) is 0 Å². The molecule has 0 radical (unpaired) electrons. The maximum atomic E-state index is 2.27. The van der Waals surface area contributed by atoms with E-state index >= 15 is 0 Å². The molecule has 2 heteroatoms. The molecular weight excluding hydrogens is 208 g/mol. The van der Waals surface area contributed by atoms with Crippen LogP contribution < -0.4 is 0 Å². The highest BCUT2D eigenvalue weighted by molar-refractivity contribution is 7.27. The minimum Gasteiger partial charge on any atom is -0.139 e. The van der Waals surface area contributed by atoms with Gasteiger partial charge in [-0.15, -0.1) is 22.7 Å². The summed E-state index contributed by atoms with van der Waals surface area (Å²) in [6.45, 7) is 4.36. The molecule has 0 unspecified atom stereocenters. The fraction of sp³-hybridized carbons (Fsp3) is 0.167. The van der Waals surface area contributed by atoms with E-state index in [2.05, 4.69) is 38.1 Å². The molecule has 14 heavy (non-hydrogen) atoms. The van der Waals surface area contributed by atoms with Gasteiger partial charge in [0.15, 0.2) is 0 Å². The third kappa shape index (κ3) is 1.11. The molecule has 0 bridgehead atoms. The first-order valence-electron chi connectivity index (χ1n) is 4.63. The maximum absolute atomic E-state index is 2.27. The molecule has 0 amide bonds. The van der Waals surface area contributed by atoms with Crippen molar-refractivity contribution in [3.8, 4) is 0 Å². The van der Waals surface area contributed by atoms with E-state index in [1.165, 1.54) is 29.9 Å². The van der Waals surface area contributed by atoms with E-state index < -0.39 is 0 Å². The molecular formula is C12H10S2. The smallest absolute Gasteiger partial charge is 0.0523 e. The number of rotatable bonds is 0. The monoisotopic (exact) mass is 218 g/mol. The van der Waals surface area contributed by atoms with Crippen molar-refractivity contribution in [2.75, 3.05) is 0 Å². The highest BCUT2D eigenvalue weighted by Crippen LogP contribution is 2.36. The number of hydrogen-bond acceptors (Lipinski definition) is 2. The van der Waals surface area contributed by atoms with Crippen LogP contribution in [0.1, 0.15) is 9.75 Å². The van der Waals surface area contributed by atoms with Crippen LogP contribution in [0.25, 0.3) is 20.2 Å². The number of fused-ring (bicyclic) bond motifs is 3. The molecule has 2 aromatic heterocycles. The van der Waals surface area contributed by atoms with Crippen LogP contribution in [0.2, 0.25) is 0 Å². The van der Waals surface area contributed by atoms with Crippen molar-refractivity contribution in [3.05, 3.63) is 34.0 Å². The summed E-state index contributed by atoms with van der Waals surface area (Å²) in [6.07, 6.45) is 0. The van der Waals surface area contributed by atoms with Gasteiger partial charge in [-0.2, -0.15) is 0 Å². The molecule has 1 aromatic carbocycles. The van der Waals surface area contributed by atoms with Gasteiger partial charge in [0, 0.05) is 9.75 Å². The Labute approximate surface area is 90.8 Å². The van der Waals surface area contributed by atoms with Crippen molar-refractivity contribution in [2.24, 2.45) is 0 Å². The zero-order valence-corrected chi connectivity index (χ0v) is 9.76. The van der Waals surface area contributed by atoms with Crippen molar-refractivity contribution in [2.45, 2.75) is 13.8 Å². The summed E-state index contributed by atoms with van der Waals surface area (Å²) in [5.41, 5.74) is 0. The van der Waals surface area contributed by atoms with Gasteiger partial charge in [0.2, 0.25) is 0 Å². The van der Waals surface area contributed by atoms with Crippen LogP contribution in [0.5, 0.6) is 0 Å². The van der Waals surface area contributed by atoms with E-state index in [-0.39, 0.29) is 0 Å². The summed E-state index contributed by atoms with van der Waals surface area (Å²) < 4.78 is 2.91. The molecule has 0 fully saturated rings. The standard InChI is InChI=1S/C12H10S2/c1-7-5-9-3-4-10-6-8(2)14-12(10)11(9)13-7/h3-6H,1-2H3. The Kier molecular flexibility index (Phi) is 1.70. The number of hydrogen-bond donors (Lipinski definition) is 0. The largest absolute Gasteiger partial charge is 0.139 e. The Hall–Kier alpha value is -0.860. The normalized spacial score (nSPS) is 11.6. The van der Waals surface area contributed by atoms with Crippen LogP contribution in [0.4, 0.5) is 0 Å². The summed E-state index contributed by atoms with van der Waals surface area (Å²) >= 11 is 3.81. The quantitative estimate of drug-likeness (QED) is 0.511. The third-order valence-corrected chi connectivity index (χ3v) is 4.71. The zero-order chi connectivity index (χ0) is 9.71. The van der Waals surface area contributed by atoms with Crippen molar-refractivity contribution < 1.29 is 0 Å². The molecule has 2 heterocycles. The van der Waals surface area contributed by atoms with Gasteiger partial charge in [-0.25, -0.2) is 0 Å². The Morgan fingerprint density at radius 3 is 1.64 bits per heavy atom. The molecule has 3 rings (SSSR count). The van der Waals surface area contributed by atoms with Crippen molar-refractivity contribution in [1.29, 1.82) is 0 Å². The highest BCUT2D eigenvalue weighted by atomic mass is 32.1. The summed E-state index contributed by atoms with van der Waals surface area (Å²) in [6, 6.07) is 9.00. The van der Waals surface area contributed by atoms with Crippen molar-refractivity contribution in [3.63, 3.8) is 0 Å². The predicted molar refractivity (Wildman–Crippen MR) is 66.7 cm³/mol. The topological polar surface area (TPSA) is 0 Å². The van der Waals surface area contributed by atoms with E-state index in [9.17, 15) is 0 Å². The molecule has 70 valence electrons. The van der Waals surface area contributed by atoms with Gasteiger partial charge >= 0.3 is 0 Å². The Morgan fingerprint density at radius 2 is 1.21 bits per heavy atom. The number of benzene rings is 1. The van der Waals surface area contributed by atoms with Crippen LogP contribution >= 0.6 is 22.7 Å². The van der Waals surface area contributed by atoms with Crippen LogP contribution in [-0.2, 0) is 0 Å². The Balaban J connectivity index is 2.58. The molecule has 0 aliphatic rings. The van der Waals surface area contributed by atoms with Gasteiger partial charge in [-0.3, -0.25) is 0 Å². The van der Waals surface area contributed by atoms with Crippen molar-refractivity contribution in [1.82, 2.24) is 0 Å². The van der Waals surface area contributed by atoms with Crippen LogP contribution in [-0.4, -0.2) is 0 Å². The number of thiophene rings is 2. The van der Waals surface area contributed by atoms with Gasteiger partial charge in [0.1, 0.15) is 0 Å². The van der Waals surface area contributed by atoms with Gasteiger partial charge in [-0.05, 0) is 36.8 Å². The van der Waals surface area contributed by atoms with Crippen LogP contribution in [0.3, 0.4) is 0 Å². The van der Waals surface area contributed by atoms with Gasteiger partial charge in [0.05, 0.1) is 9.40 Å². The lowest BCUT2D eigenvalue weighted by Crippen LogP contribution is -1.62. The fourth-order valence-corrected chi connectivity index (χ4v) is 4.03. The average molecular weight is 218 g/mol. The number of aryl methyl sites for hydroxylation is 2. The van der Waals surface area contributed by atoms with Gasteiger partial charge < -0.3 is 0 Å². The first kappa shape index (κ1) is 8.45. The van der Waals surface area contributed by atoms with E-state index in [1.807, 2.05) is 22.7 Å². The minimum atomic E-state index is 1.39. The molecule has 0 saturated carbocycles. The second-order valence-electron chi connectivity index (χ2n) is 3.62. The van der Waals surface area contributed by atoms with E-state index in [1.54, 1.807) is 0 Å². The second-order valence-corrected chi connectivity index (χ2v) is 6.13. The molecule has 0 saturated heterocycles. The summed E-state index contributed by atoms with van der Waals surface area (Å²) in [7, 11) is 0. The molecule has 0 spiro atoms. The molecule has 0 aliphatic heterocycles. The lowest BCUT2D eigenvalue weighted by molar-refractivity contribution is 1.65. The lowest BCUT2D eigenvalue weighted by atomic mass is 10.2. The molecule has 0 atom stereocenters. The lowest BCUT2D eigenvalue weighted by Gasteiger charge is -1.90. The Morgan fingerprint density at radius 1 is 0.786 bits per heavy atom. The summed E-state index contributed by atoms with van der Waals surface area (Å²) in [4.78, 5) is 2.80.